The molecule has 0 saturated heterocycles. The minimum atomic E-state index is -0.556. The van der Waals surface area contributed by atoms with E-state index in [-0.39, 0.29) is 0 Å². The van der Waals surface area contributed by atoms with Crippen LogP contribution in [0.1, 0.15) is 16.8 Å². The van der Waals surface area contributed by atoms with Gasteiger partial charge in [-0.25, -0.2) is 4.39 Å². The Morgan fingerprint density at radius 2 is 1.43 bits per heavy atom. The van der Waals surface area contributed by atoms with Gasteiger partial charge in [-0.05, 0) is 78.4 Å². The van der Waals surface area contributed by atoms with Gasteiger partial charge >= 0.3 is 0 Å². The van der Waals surface area contributed by atoms with E-state index in [4.69, 9.17) is 5.73 Å². The molecule has 0 amide bonds. The predicted molar refractivity (Wildman–Crippen MR) is 164 cm³/mol. The van der Waals surface area contributed by atoms with Gasteiger partial charge in [-0.15, -0.1) is 0 Å². The average Bonchev–Trinajstić information content (AvgIpc) is 3.50. The lowest BCUT2D eigenvalue weighted by Crippen LogP contribution is -1.99. The summed E-state index contributed by atoms with van der Waals surface area (Å²) in [6.45, 7) is 1.56. The highest BCUT2D eigenvalue weighted by molar-refractivity contribution is 6.08. The van der Waals surface area contributed by atoms with Crippen LogP contribution < -0.4 is 5.73 Å². The number of rotatable bonds is 5. The van der Waals surface area contributed by atoms with Gasteiger partial charge in [0.1, 0.15) is 6.67 Å². The second-order valence-electron chi connectivity index (χ2n) is 10.0. The summed E-state index contributed by atoms with van der Waals surface area (Å²) in [5, 5.41) is 3.24. The molecular weight excluding hydrogens is 495 g/mol. The van der Waals surface area contributed by atoms with Crippen molar-refractivity contribution < 1.29 is 4.39 Å². The highest BCUT2D eigenvalue weighted by atomic mass is 19.1. The molecule has 0 bridgehead atoms. The second-order valence-corrected chi connectivity index (χ2v) is 10.0. The van der Waals surface area contributed by atoms with E-state index in [1.807, 2.05) is 36.7 Å². The van der Waals surface area contributed by atoms with Crippen LogP contribution in [0.2, 0.25) is 0 Å². The second kappa shape index (κ2) is 9.54. The third kappa shape index (κ3) is 3.62. The summed E-state index contributed by atoms with van der Waals surface area (Å²) in [5.41, 5.74) is 15.9. The van der Waals surface area contributed by atoms with Crippen LogP contribution in [-0.4, -0.2) is 14.1 Å². The van der Waals surface area contributed by atoms with Crippen molar-refractivity contribution in [3.8, 4) is 22.5 Å². The smallest absolute Gasteiger partial charge is 0.117 e. The molecule has 40 heavy (non-hydrogen) atoms. The van der Waals surface area contributed by atoms with Gasteiger partial charge in [0, 0.05) is 45.5 Å². The zero-order chi connectivity index (χ0) is 27.2. The largest absolute Gasteiger partial charge is 0.405 e. The first-order valence-electron chi connectivity index (χ1n) is 13.3. The maximum atomic E-state index is 14.1. The Kier molecular flexibility index (Phi) is 5.71. The number of fused-ring (bicyclic) bond motifs is 4. The summed E-state index contributed by atoms with van der Waals surface area (Å²) >= 11 is 0. The number of hydrogen-bond donors (Lipinski definition) is 1. The van der Waals surface area contributed by atoms with E-state index in [1.165, 1.54) is 11.6 Å². The maximum Gasteiger partial charge on any atom is 0.117 e. The van der Waals surface area contributed by atoms with Gasteiger partial charge in [0.2, 0.25) is 0 Å². The molecule has 0 saturated carbocycles. The van der Waals surface area contributed by atoms with Gasteiger partial charge in [0.15, 0.2) is 0 Å². The number of aromatic nitrogens is 3. The Morgan fingerprint density at radius 1 is 0.750 bits per heavy atom. The number of benzene rings is 4. The molecule has 194 valence electrons. The molecule has 7 aromatic rings. The maximum absolute atomic E-state index is 14.1. The lowest BCUT2D eigenvalue weighted by molar-refractivity contribution is 0.487. The fourth-order valence-electron chi connectivity index (χ4n) is 6.01. The lowest BCUT2D eigenvalue weighted by Gasteiger charge is -2.14. The number of nitrogens with zero attached hydrogens (tertiary/aromatic N) is 3. The molecule has 0 fully saturated rings. The van der Waals surface area contributed by atoms with Crippen LogP contribution in [0.25, 0.3) is 61.3 Å². The van der Waals surface area contributed by atoms with E-state index in [1.54, 1.807) is 6.08 Å². The van der Waals surface area contributed by atoms with E-state index in [0.29, 0.717) is 5.56 Å². The summed E-state index contributed by atoms with van der Waals surface area (Å²) in [6.07, 6.45) is 7.03. The van der Waals surface area contributed by atoms with Crippen LogP contribution >= 0.6 is 0 Å². The van der Waals surface area contributed by atoms with Crippen molar-refractivity contribution in [1.29, 1.82) is 0 Å². The zero-order valence-electron chi connectivity index (χ0n) is 22.1. The number of pyridine rings is 1. The van der Waals surface area contributed by atoms with Crippen molar-refractivity contribution in [2.75, 3.05) is 0 Å². The SMILES string of the molecule is Cc1cc(-n2c(/C=C\N)c(CF)c3ccccc32)ccc1-c1ccc(-n2c3ccccc3c3cnccc32)cc1. The van der Waals surface area contributed by atoms with Crippen LogP contribution in [0.3, 0.4) is 0 Å². The van der Waals surface area contributed by atoms with Crippen LogP contribution in [0, 0.1) is 6.92 Å². The summed E-state index contributed by atoms with van der Waals surface area (Å²) in [4.78, 5) is 4.36. The van der Waals surface area contributed by atoms with Gasteiger partial charge in [-0.2, -0.15) is 0 Å². The Morgan fingerprint density at radius 3 is 2.15 bits per heavy atom. The number of para-hydroxylation sites is 2. The molecule has 3 aromatic heterocycles. The monoisotopic (exact) mass is 522 g/mol. The number of halogens is 1. The van der Waals surface area contributed by atoms with Crippen molar-refractivity contribution in [1.82, 2.24) is 14.1 Å². The first kappa shape index (κ1) is 23.9. The van der Waals surface area contributed by atoms with Crippen molar-refractivity contribution in [2.24, 2.45) is 5.73 Å². The average molecular weight is 523 g/mol. The molecule has 3 heterocycles. The van der Waals surface area contributed by atoms with Crippen LogP contribution in [-0.2, 0) is 6.67 Å². The van der Waals surface area contributed by atoms with Crippen molar-refractivity contribution in [3.63, 3.8) is 0 Å². The Balaban J connectivity index is 1.31. The van der Waals surface area contributed by atoms with Gasteiger partial charge in [-0.3, -0.25) is 4.98 Å². The predicted octanol–water partition coefficient (Wildman–Crippen LogP) is 8.50. The topological polar surface area (TPSA) is 48.8 Å². The third-order valence-corrected chi connectivity index (χ3v) is 7.79. The molecule has 0 spiro atoms. The molecule has 0 unspecified atom stereocenters. The van der Waals surface area contributed by atoms with E-state index in [2.05, 4.69) is 93.8 Å². The standard InChI is InChI=1S/C35H27FN4/c1-23-20-26(40-32-8-4-2-6-28(32)30(21-36)34(40)16-18-37)14-15-27(23)24-10-12-25(13-11-24)39-33-9-5-3-7-29(33)31-22-38-19-17-35(31)39/h2-20,22H,21,37H2,1H3/b18-16-. The summed E-state index contributed by atoms with van der Waals surface area (Å²) < 4.78 is 18.5. The minimum absolute atomic E-state index is 0.556. The molecule has 7 rings (SSSR count). The Labute approximate surface area is 231 Å². The van der Waals surface area contributed by atoms with Crippen LogP contribution in [0.5, 0.6) is 0 Å². The van der Waals surface area contributed by atoms with Gasteiger partial charge in [0.25, 0.3) is 0 Å². The van der Waals surface area contributed by atoms with Crippen molar-refractivity contribution >= 4 is 38.8 Å². The number of aryl methyl sites for hydroxylation is 1. The molecule has 0 aliphatic rings. The first-order chi connectivity index (χ1) is 19.7. The van der Waals surface area contributed by atoms with Crippen LogP contribution in [0.4, 0.5) is 4.39 Å². The Bertz CT molecular complexity index is 2010. The zero-order valence-corrected chi connectivity index (χ0v) is 22.1. The molecule has 0 radical (unpaired) electrons. The number of nitrogens with two attached hydrogens (primary N) is 1. The molecular formula is C35H27FN4. The molecule has 4 nitrogen and oxygen atoms in total. The number of alkyl halides is 1. The molecule has 2 N–H and O–H groups in total. The van der Waals surface area contributed by atoms with Gasteiger partial charge in [0.05, 0.1) is 22.2 Å². The van der Waals surface area contributed by atoms with E-state index >= 15 is 0 Å². The van der Waals surface area contributed by atoms with Crippen LogP contribution in [0.15, 0.2) is 116 Å². The van der Waals surface area contributed by atoms with Gasteiger partial charge < -0.3 is 14.9 Å². The van der Waals surface area contributed by atoms with E-state index in [0.717, 1.165) is 61.1 Å². The highest BCUT2D eigenvalue weighted by Crippen LogP contribution is 2.35. The highest BCUT2D eigenvalue weighted by Gasteiger charge is 2.17. The van der Waals surface area contributed by atoms with Gasteiger partial charge in [-0.1, -0.05) is 54.6 Å². The lowest BCUT2D eigenvalue weighted by atomic mass is 9.99. The minimum Gasteiger partial charge on any atom is -0.405 e. The number of hydrogen-bond acceptors (Lipinski definition) is 2. The Hall–Kier alpha value is -5.16. The summed E-state index contributed by atoms with van der Waals surface area (Å²) in [5.74, 6) is 0. The normalized spacial score (nSPS) is 11.8. The van der Waals surface area contributed by atoms with E-state index in [9.17, 15) is 4.39 Å². The quantitative estimate of drug-likeness (QED) is 0.246. The molecule has 0 atom stereocenters. The summed E-state index contributed by atoms with van der Waals surface area (Å²) in [6, 6.07) is 33.5. The fraction of sp³-hybridized carbons (Fsp3) is 0.0571. The van der Waals surface area contributed by atoms with Crippen molar-refractivity contribution in [2.45, 2.75) is 13.6 Å². The summed E-state index contributed by atoms with van der Waals surface area (Å²) in [7, 11) is 0. The molecule has 0 aliphatic carbocycles. The van der Waals surface area contributed by atoms with Crippen molar-refractivity contribution in [3.05, 3.63) is 132 Å². The fourth-order valence-corrected chi connectivity index (χ4v) is 6.01. The van der Waals surface area contributed by atoms with E-state index < -0.39 is 6.67 Å². The first-order valence-corrected chi connectivity index (χ1v) is 13.3. The third-order valence-electron chi connectivity index (χ3n) is 7.79. The molecule has 4 aromatic carbocycles. The molecule has 0 aliphatic heterocycles. The molecule has 5 heteroatoms.